The van der Waals surface area contributed by atoms with Crippen molar-refractivity contribution in [1.29, 1.82) is 0 Å². The summed E-state index contributed by atoms with van der Waals surface area (Å²) in [6.45, 7) is 2.27. The number of ether oxygens (including phenoxy) is 1. The Morgan fingerprint density at radius 3 is 2.94 bits per heavy atom. The molecule has 0 spiro atoms. The van der Waals surface area contributed by atoms with Gasteiger partial charge < -0.3 is 10.1 Å². The van der Waals surface area contributed by atoms with Crippen LogP contribution in [0.2, 0.25) is 0 Å². The monoisotopic (exact) mass is 268 g/mol. The van der Waals surface area contributed by atoms with Crippen LogP contribution in [-0.4, -0.2) is 36.3 Å². The average molecular weight is 268 g/mol. The Labute approximate surface area is 110 Å². The molecule has 18 heavy (non-hydrogen) atoms. The van der Waals surface area contributed by atoms with Gasteiger partial charge in [-0.3, -0.25) is 4.79 Å². The molecule has 1 aromatic rings. The Morgan fingerprint density at radius 1 is 1.50 bits per heavy atom. The van der Waals surface area contributed by atoms with E-state index in [0.29, 0.717) is 17.1 Å². The lowest BCUT2D eigenvalue weighted by atomic mass is 10.3. The van der Waals surface area contributed by atoms with Crippen LogP contribution in [0.5, 0.6) is 0 Å². The number of amides is 1. The van der Waals surface area contributed by atoms with Crippen molar-refractivity contribution in [1.82, 2.24) is 10.3 Å². The standard InChI is InChI=1S/C12H16N2O3S/c1-3-6-13-10(15)8-17-12(16)9-5-4-7-14-11(9)18-2/h4-5,7H,3,6,8H2,1-2H3,(H,13,15). The molecule has 1 heterocycles. The summed E-state index contributed by atoms with van der Waals surface area (Å²) in [5, 5.41) is 3.22. The van der Waals surface area contributed by atoms with Gasteiger partial charge in [0, 0.05) is 12.7 Å². The summed E-state index contributed by atoms with van der Waals surface area (Å²) in [5.41, 5.74) is 0.383. The number of nitrogens with zero attached hydrogens (tertiary/aromatic N) is 1. The maximum atomic E-state index is 11.7. The van der Waals surface area contributed by atoms with Crippen LogP contribution in [0.15, 0.2) is 23.4 Å². The van der Waals surface area contributed by atoms with Crippen LogP contribution in [0.1, 0.15) is 23.7 Å². The molecule has 6 heteroatoms. The lowest BCUT2D eigenvalue weighted by Crippen LogP contribution is -2.29. The number of hydrogen-bond donors (Lipinski definition) is 1. The van der Waals surface area contributed by atoms with E-state index in [9.17, 15) is 9.59 Å². The summed E-state index contributed by atoms with van der Waals surface area (Å²) in [7, 11) is 0. The molecule has 0 aliphatic heterocycles. The van der Waals surface area contributed by atoms with Gasteiger partial charge >= 0.3 is 5.97 Å². The normalized spacial score (nSPS) is 9.89. The molecule has 0 bridgehead atoms. The number of rotatable bonds is 6. The molecule has 0 atom stereocenters. The van der Waals surface area contributed by atoms with Crippen LogP contribution in [0.3, 0.4) is 0 Å². The number of carbonyl (C=O) groups is 2. The first-order valence-corrected chi connectivity index (χ1v) is 6.84. The number of carbonyl (C=O) groups excluding carboxylic acids is 2. The van der Waals surface area contributed by atoms with Crippen molar-refractivity contribution in [2.24, 2.45) is 0 Å². The van der Waals surface area contributed by atoms with E-state index in [1.807, 2.05) is 13.2 Å². The van der Waals surface area contributed by atoms with Crippen LogP contribution >= 0.6 is 11.8 Å². The van der Waals surface area contributed by atoms with Crippen LogP contribution in [0.25, 0.3) is 0 Å². The van der Waals surface area contributed by atoms with Crippen molar-refractivity contribution in [3.05, 3.63) is 23.9 Å². The van der Waals surface area contributed by atoms with Crippen LogP contribution in [0, 0.1) is 0 Å². The number of aromatic nitrogens is 1. The van der Waals surface area contributed by atoms with Crippen molar-refractivity contribution in [2.45, 2.75) is 18.4 Å². The first-order valence-electron chi connectivity index (χ1n) is 5.61. The van der Waals surface area contributed by atoms with Crippen molar-refractivity contribution < 1.29 is 14.3 Å². The minimum absolute atomic E-state index is 0.262. The van der Waals surface area contributed by atoms with E-state index in [4.69, 9.17) is 4.74 Å². The number of pyridine rings is 1. The third kappa shape index (κ3) is 4.37. The van der Waals surface area contributed by atoms with Gasteiger partial charge in [-0.2, -0.15) is 0 Å². The maximum Gasteiger partial charge on any atom is 0.341 e. The van der Waals surface area contributed by atoms with Gasteiger partial charge in [-0.05, 0) is 24.8 Å². The van der Waals surface area contributed by atoms with E-state index < -0.39 is 5.97 Å². The third-order valence-corrected chi connectivity index (χ3v) is 2.80. The Bertz CT molecular complexity index is 424. The van der Waals surface area contributed by atoms with Gasteiger partial charge in [0.1, 0.15) is 5.03 Å². The van der Waals surface area contributed by atoms with Gasteiger partial charge in [-0.1, -0.05) is 6.92 Å². The summed E-state index contributed by atoms with van der Waals surface area (Å²) in [6, 6.07) is 3.29. The zero-order valence-corrected chi connectivity index (χ0v) is 11.3. The molecule has 1 aromatic heterocycles. The number of esters is 1. The van der Waals surface area contributed by atoms with Crippen molar-refractivity contribution in [2.75, 3.05) is 19.4 Å². The first kappa shape index (κ1) is 14.5. The predicted molar refractivity (Wildman–Crippen MR) is 69.6 cm³/mol. The smallest absolute Gasteiger partial charge is 0.341 e. The Hall–Kier alpha value is -1.56. The third-order valence-electron chi connectivity index (χ3n) is 2.09. The van der Waals surface area contributed by atoms with Gasteiger partial charge in [-0.25, -0.2) is 9.78 Å². The summed E-state index contributed by atoms with van der Waals surface area (Å²) < 4.78 is 4.93. The van der Waals surface area contributed by atoms with E-state index in [1.54, 1.807) is 18.3 Å². The Kier molecular flexibility index (Phi) is 6.21. The van der Waals surface area contributed by atoms with E-state index in [0.717, 1.165) is 6.42 Å². The van der Waals surface area contributed by atoms with Crippen molar-refractivity contribution >= 4 is 23.6 Å². The second-order valence-corrected chi connectivity index (χ2v) is 4.28. The summed E-state index contributed by atoms with van der Waals surface area (Å²) in [5.74, 6) is -0.820. The average Bonchev–Trinajstić information content (AvgIpc) is 2.42. The second-order valence-electron chi connectivity index (χ2n) is 3.49. The van der Waals surface area contributed by atoms with E-state index in [1.165, 1.54) is 11.8 Å². The largest absolute Gasteiger partial charge is 0.452 e. The molecule has 0 unspecified atom stereocenters. The molecule has 1 rings (SSSR count). The molecule has 0 saturated heterocycles. The molecule has 0 radical (unpaired) electrons. The molecular formula is C12H16N2O3S. The van der Waals surface area contributed by atoms with E-state index >= 15 is 0 Å². The van der Waals surface area contributed by atoms with Gasteiger partial charge in [0.05, 0.1) is 5.56 Å². The predicted octanol–water partition coefficient (Wildman–Crippen LogP) is 1.49. The molecule has 0 aromatic carbocycles. The van der Waals surface area contributed by atoms with Gasteiger partial charge in [0.15, 0.2) is 6.61 Å². The zero-order valence-electron chi connectivity index (χ0n) is 10.4. The molecule has 0 aliphatic rings. The highest BCUT2D eigenvalue weighted by atomic mass is 32.2. The van der Waals surface area contributed by atoms with Gasteiger partial charge in [0.25, 0.3) is 5.91 Å². The SMILES string of the molecule is CCCNC(=O)COC(=O)c1cccnc1SC. The summed E-state index contributed by atoms with van der Waals surface area (Å²) >= 11 is 1.36. The van der Waals surface area contributed by atoms with E-state index in [2.05, 4.69) is 10.3 Å². The Balaban J connectivity index is 2.52. The molecule has 1 N–H and O–H groups in total. The molecule has 0 aliphatic carbocycles. The highest BCUT2D eigenvalue weighted by Crippen LogP contribution is 2.17. The molecule has 98 valence electrons. The van der Waals surface area contributed by atoms with Gasteiger partial charge in [-0.15, -0.1) is 11.8 Å². The van der Waals surface area contributed by atoms with Crippen LogP contribution in [-0.2, 0) is 9.53 Å². The van der Waals surface area contributed by atoms with Crippen molar-refractivity contribution in [3.63, 3.8) is 0 Å². The minimum atomic E-state index is -0.529. The first-order chi connectivity index (χ1) is 8.69. The second kappa shape index (κ2) is 7.71. The van der Waals surface area contributed by atoms with Gasteiger partial charge in [0.2, 0.25) is 0 Å². The topological polar surface area (TPSA) is 68.3 Å². The fraction of sp³-hybridized carbons (Fsp3) is 0.417. The quantitative estimate of drug-likeness (QED) is 0.625. The molecule has 5 nitrogen and oxygen atoms in total. The maximum absolute atomic E-state index is 11.7. The highest BCUT2D eigenvalue weighted by Gasteiger charge is 2.14. The lowest BCUT2D eigenvalue weighted by molar-refractivity contribution is -0.124. The highest BCUT2D eigenvalue weighted by molar-refractivity contribution is 7.98. The zero-order chi connectivity index (χ0) is 13.4. The minimum Gasteiger partial charge on any atom is -0.452 e. The Morgan fingerprint density at radius 2 is 2.28 bits per heavy atom. The number of nitrogens with one attached hydrogen (secondary N) is 1. The summed E-state index contributed by atoms with van der Waals surface area (Å²) in [4.78, 5) is 27.1. The number of hydrogen-bond acceptors (Lipinski definition) is 5. The van der Waals surface area contributed by atoms with Crippen LogP contribution < -0.4 is 5.32 Å². The number of thioether (sulfide) groups is 1. The van der Waals surface area contributed by atoms with E-state index in [-0.39, 0.29) is 12.5 Å². The molecule has 1 amide bonds. The van der Waals surface area contributed by atoms with Crippen LogP contribution in [0.4, 0.5) is 0 Å². The molecule has 0 saturated carbocycles. The molecular weight excluding hydrogens is 252 g/mol. The summed E-state index contributed by atoms with van der Waals surface area (Å²) in [6.07, 6.45) is 4.28. The molecule has 0 fully saturated rings. The lowest BCUT2D eigenvalue weighted by Gasteiger charge is -2.07. The fourth-order valence-electron chi connectivity index (χ4n) is 1.23. The fourth-order valence-corrected chi connectivity index (χ4v) is 1.77. The van der Waals surface area contributed by atoms with Crippen molar-refractivity contribution in [3.8, 4) is 0 Å².